The highest BCUT2D eigenvalue weighted by atomic mass is 32.5. The van der Waals surface area contributed by atoms with Crippen LogP contribution in [0.15, 0.2) is 0 Å². The minimum atomic E-state index is -1.22. The lowest BCUT2D eigenvalue weighted by molar-refractivity contribution is 2.09. The maximum Gasteiger partial charge on any atom is 0.163 e. The van der Waals surface area contributed by atoms with Crippen LogP contribution in [-0.4, -0.2) is 6.37 Å². The average Bonchev–Trinajstić information content (AvgIpc) is 0.722. The Morgan fingerprint density at radius 3 is 1.20 bits per heavy atom. The van der Waals surface area contributed by atoms with E-state index in [2.05, 4.69) is 37.3 Å². The van der Waals surface area contributed by atoms with Gasteiger partial charge in [0.1, 0.15) is 0 Å². The van der Waals surface area contributed by atoms with Gasteiger partial charge in [-0.2, -0.15) is 24.2 Å². The van der Waals surface area contributed by atoms with Crippen molar-refractivity contribution in [3.8, 4) is 0 Å². The largest absolute Gasteiger partial charge is 0.190 e. The molecule has 0 aromatic heterocycles. The molecule has 32 valence electrons. The third-order valence-electron chi connectivity index (χ3n) is 0. The molecule has 0 aliphatic rings. The molecule has 3 heteroatoms. The molecule has 0 aliphatic carbocycles. The Balaban J connectivity index is 3.02. The Morgan fingerprint density at radius 1 is 1.20 bits per heavy atom. The molecule has 0 bridgehead atoms. The van der Waals surface area contributed by atoms with Gasteiger partial charge in [-0.1, -0.05) is 13.1 Å². The van der Waals surface area contributed by atoms with E-state index < -0.39 is 6.37 Å². The zero-order valence-corrected chi connectivity index (χ0v) is 6.18. The normalized spacial score (nSPS) is 12.0. The zero-order chi connectivity index (χ0) is 4.50. The summed E-state index contributed by atoms with van der Waals surface area (Å²) in [6.07, 6.45) is -1.22. The van der Waals surface area contributed by atoms with E-state index in [-0.39, 0.29) is 0 Å². The molecule has 0 atom stereocenters. The Bertz CT molecular complexity index is 23.1. The second kappa shape index (κ2) is 1.58. The molecule has 5 heavy (non-hydrogen) atoms. The standard InChI is InChI=1S/C2H8S2Si/c1-5(2,3)4/h3-4H,1-2H3. The molecule has 0 aliphatic heterocycles. The van der Waals surface area contributed by atoms with Crippen molar-refractivity contribution in [2.45, 2.75) is 13.1 Å². The van der Waals surface area contributed by atoms with Gasteiger partial charge in [-0.25, -0.2) is 0 Å². The van der Waals surface area contributed by atoms with Crippen LogP contribution < -0.4 is 0 Å². The molecule has 0 fully saturated rings. The quantitative estimate of drug-likeness (QED) is 0.355. The molecule has 0 spiro atoms. The summed E-state index contributed by atoms with van der Waals surface area (Å²) in [4.78, 5) is 0. The molecule has 0 heterocycles. The first kappa shape index (κ1) is 5.92. The predicted molar refractivity (Wildman–Crippen MR) is 35.5 cm³/mol. The summed E-state index contributed by atoms with van der Waals surface area (Å²) in [7, 11) is 0. The molecule has 0 saturated heterocycles. The number of rotatable bonds is 0. The lowest BCUT2D eigenvalue weighted by Crippen LogP contribution is -2.02. The fourth-order valence-electron chi connectivity index (χ4n) is 0. The SMILES string of the molecule is C[Si](C)(S)S. The van der Waals surface area contributed by atoms with Crippen LogP contribution >= 0.6 is 24.2 Å². The van der Waals surface area contributed by atoms with E-state index in [1.54, 1.807) is 0 Å². The van der Waals surface area contributed by atoms with Gasteiger partial charge in [0.05, 0.1) is 0 Å². The molecule has 0 N–H and O–H groups in total. The van der Waals surface area contributed by atoms with Gasteiger partial charge in [-0.15, -0.1) is 0 Å². The summed E-state index contributed by atoms with van der Waals surface area (Å²) in [5, 5.41) is 0. The number of thiol groups is 2. The summed E-state index contributed by atoms with van der Waals surface area (Å²) in [6.45, 7) is 4.11. The molecule has 0 unspecified atom stereocenters. The molecule has 0 aromatic rings. The van der Waals surface area contributed by atoms with Crippen molar-refractivity contribution < 1.29 is 0 Å². The lowest BCUT2D eigenvalue weighted by atomic mass is 11.9. The maximum atomic E-state index is 4.13. The van der Waals surface area contributed by atoms with Crippen molar-refractivity contribution in [1.82, 2.24) is 0 Å². The van der Waals surface area contributed by atoms with Gasteiger partial charge in [0.15, 0.2) is 6.37 Å². The molecule has 0 saturated carbocycles. The van der Waals surface area contributed by atoms with E-state index in [0.717, 1.165) is 0 Å². The lowest BCUT2D eigenvalue weighted by Gasteiger charge is -1.98. The van der Waals surface area contributed by atoms with Crippen LogP contribution in [0.2, 0.25) is 13.1 Å². The van der Waals surface area contributed by atoms with Crippen molar-refractivity contribution in [2.24, 2.45) is 0 Å². The van der Waals surface area contributed by atoms with E-state index in [0.29, 0.717) is 0 Å². The molecule has 0 radical (unpaired) electrons. The van der Waals surface area contributed by atoms with Crippen molar-refractivity contribution in [3.63, 3.8) is 0 Å². The summed E-state index contributed by atoms with van der Waals surface area (Å²) < 4.78 is 0. The minimum Gasteiger partial charge on any atom is -0.190 e. The monoisotopic (exact) mass is 124 g/mol. The third kappa shape index (κ3) is 49.8. The van der Waals surface area contributed by atoms with Crippen molar-refractivity contribution >= 4 is 30.5 Å². The molecular formula is C2H8S2Si. The Morgan fingerprint density at radius 2 is 1.20 bits per heavy atom. The molecular weight excluding hydrogens is 116 g/mol. The second-order valence-electron chi connectivity index (χ2n) is 1.49. The average molecular weight is 124 g/mol. The van der Waals surface area contributed by atoms with Gasteiger partial charge in [0.25, 0.3) is 0 Å². The van der Waals surface area contributed by atoms with E-state index >= 15 is 0 Å². The van der Waals surface area contributed by atoms with Gasteiger partial charge >= 0.3 is 0 Å². The van der Waals surface area contributed by atoms with Gasteiger partial charge in [0.2, 0.25) is 0 Å². The maximum absolute atomic E-state index is 4.13. The van der Waals surface area contributed by atoms with E-state index in [4.69, 9.17) is 0 Å². The minimum absolute atomic E-state index is 1.22. The topological polar surface area (TPSA) is 0 Å². The fourth-order valence-corrected chi connectivity index (χ4v) is 0. The summed E-state index contributed by atoms with van der Waals surface area (Å²) in [6, 6.07) is 0. The van der Waals surface area contributed by atoms with Gasteiger partial charge in [0, 0.05) is 0 Å². The second-order valence-corrected chi connectivity index (χ2v) is 12.2. The first-order chi connectivity index (χ1) is 2.00. The van der Waals surface area contributed by atoms with Crippen LogP contribution in [-0.2, 0) is 0 Å². The smallest absolute Gasteiger partial charge is 0.163 e. The highest BCUT2D eigenvalue weighted by Crippen LogP contribution is 2.09. The van der Waals surface area contributed by atoms with Crippen LogP contribution in [0.25, 0.3) is 0 Å². The Labute approximate surface area is 44.1 Å². The molecule has 0 aromatic carbocycles. The van der Waals surface area contributed by atoms with Crippen molar-refractivity contribution in [1.29, 1.82) is 0 Å². The van der Waals surface area contributed by atoms with Crippen molar-refractivity contribution in [2.75, 3.05) is 0 Å². The first-order valence-electron chi connectivity index (χ1n) is 1.45. The van der Waals surface area contributed by atoms with Crippen molar-refractivity contribution in [3.05, 3.63) is 0 Å². The summed E-state index contributed by atoms with van der Waals surface area (Å²) >= 11 is 8.25. The third-order valence-corrected chi connectivity index (χ3v) is 0. The fraction of sp³-hybridized carbons (Fsp3) is 1.00. The van der Waals surface area contributed by atoms with Crippen LogP contribution in [0.4, 0.5) is 0 Å². The molecule has 0 rings (SSSR count). The van der Waals surface area contributed by atoms with Gasteiger partial charge in [-0.3, -0.25) is 0 Å². The van der Waals surface area contributed by atoms with Crippen LogP contribution in [0, 0.1) is 0 Å². The van der Waals surface area contributed by atoms with Gasteiger partial charge in [-0.05, 0) is 0 Å². The van der Waals surface area contributed by atoms with Crippen LogP contribution in [0.1, 0.15) is 0 Å². The van der Waals surface area contributed by atoms with Gasteiger partial charge < -0.3 is 0 Å². The Kier molecular flexibility index (Phi) is 1.87. The predicted octanol–water partition coefficient (Wildman–Crippen LogP) is 1.55. The number of hydrogen-bond acceptors (Lipinski definition) is 2. The summed E-state index contributed by atoms with van der Waals surface area (Å²) in [5.41, 5.74) is 0. The van der Waals surface area contributed by atoms with Crippen LogP contribution in [0.5, 0.6) is 0 Å². The van der Waals surface area contributed by atoms with E-state index in [1.807, 2.05) is 0 Å². The first-order valence-corrected chi connectivity index (χ1v) is 7.02. The highest BCUT2D eigenvalue weighted by Gasteiger charge is 2.03. The van der Waals surface area contributed by atoms with E-state index in [1.165, 1.54) is 0 Å². The Hall–Kier alpha value is 0.917. The molecule has 0 nitrogen and oxygen atoms in total. The van der Waals surface area contributed by atoms with E-state index in [9.17, 15) is 0 Å². The zero-order valence-electron chi connectivity index (χ0n) is 3.39. The molecule has 0 amide bonds. The summed E-state index contributed by atoms with van der Waals surface area (Å²) in [5.74, 6) is 0. The highest BCUT2D eigenvalue weighted by molar-refractivity contribution is 8.45. The number of hydrogen-bond donors (Lipinski definition) is 2. The van der Waals surface area contributed by atoms with Crippen LogP contribution in [0.3, 0.4) is 0 Å².